The lowest BCUT2D eigenvalue weighted by molar-refractivity contribution is -0.112. The molecule has 3 aromatic heterocycles. The fourth-order valence-corrected chi connectivity index (χ4v) is 4.60. The molecule has 0 spiro atoms. The van der Waals surface area contributed by atoms with E-state index in [0.29, 0.717) is 44.8 Å². The van der Waals surface area contributed by atoms with E-state index in [2.05, 4.69) is 31.8 Å². The molecule has 0 bridgehead atoms. The monoisotopic (exact) mass is 553 g/mol. The third kappa shape index (κ3) is 5.35. The summed E-state index contributed by atoms with van der Waals surface area (Å²) in [5.74, 6) is -0.674. The van der Waals surface area contributed by atoms with E-state index in [0.717, 1.165) is 11.1 Å². The largest absolute Gasteiger partial charge is 0.421 e. The van der Waals surface area contributed by atoms with E-state index < -0.39 is 5.82 Å². The first kappa shape index (κ1) is 27.4. The van der Waals surface area contributed by atoms with E-state index in [9.17, 15) is 4.79 Å². The number of fused-ring (bicyclic) bond motifs is 1. The number of aryl methyl sites for hydroxylation is 2. The zero-order valence-corrected chi connectivity index (χ0v) is 23.0. The Morgan fingerprint density at radius 1 is 1.15 bits per heavy atom. The minimum absolute atomic E-state index is 0.0250. The van der Waals surface area contributed by atoms with Crippen molar-refractivity contribution in [1.82, 2.24) is 24.5 Å². The number of anilines is 2. The van der Waals surface area contributed by atoms with Crippen molar-refractivity contribution in [1.29, 1.82) is 0 Å². The van der Waals surface area contributed by atoms with Crippen LogP contribution in [0.3, 0.4) is 0 Å². The summed E-state index contributed by atoms with van der Waals surface area (Å²) in [5.41, 5.74) is 12.0. The van der Waals surface area contributed by atoms with Crippen molar-refractivity contribution < 1.29 is 18.7 Å². The van der Waals surface area contributed by atoms with Gasteiger partial charge in [-0.1, -0.05) is 18.7 Å². The van der Waals surface area contributed by atoms with Gasteiger partial charge >= 0.3 is 6.01 Å². The molecule has 11 heteroatoms. The molecule has 10 nitrogen and oxygen atoms in total. The number of nitrogens with two attached hydrogens (primary N) is 1. The molecule has 0 aliphatic carbocycles. The van der Waals surface area contributed by atoms with Crippen LogP contribution in [0.4, 0.5) is 15.9 Å². The Morgan fingerprint density at radius 2 is 1.95 bits per heavy atom. The highest BCUT2D eigenvalue weighted by molar-refractivity contribution is 6.08. The smallest absolute Gasteiger partial charge is 0.322 e. The third-order valence-corrected chi connectivity index (χ3v) is 6.50. The van der Waals surface area contributed by atoms with Gasteiger partial charge in [0, 0.05) is 48.4 Å². The zero-order valence-electron chi connectivity index (χ0n) is 23.0. The summed E-state index contributed by atoms with van der Waals surface area (Å²) < 4.78 is 28.5. The Bertz CT molecular complexity index is 1820. The van der Waals surface area contributed by atoms with Gasteiger partial charge in [0.2, 0.25) is 0 Å². The molecule has 0 saturated heterocycles. The number of nitrogens with zero attached hydrogens (tertiary/aromatic N) is 5. The Kier molecular flexibility index (Phi) is 7.45. The van der Waals surface area contributed by atoms with Crippen molar-refractivity contribution in [3.05, 3.63) is 84.2 Å². The molecular formula is C30H28FN7O3. The lowest BCUT2D eigenvalue weighted by Gasteiger charge is -2.16. The van der Waals surface area contributed by atoms with Crippen molar-refractivity contribution in [3.8, 4) is 34.1 Å². The summed E-state index contributed by atoms with van der Waals surface area (Å²) in [6.07, 6.45) is 2.93. The molecule has 0 radical (unpaired) electrons. The van der Waals surface area contributed by atoms with Crippen LogP contribution in [0.5, 0.6) is 11.8 Å². The molecule has 41 heavy (non-hydrogen) atoms. The van der Waals surface area contributed by atoms with Crippen molar-refractivity contribution >= 4 is 28.4 Å². The minimum atomic E-state index is -0.610. The van der Waals surface area contributed by atoms with E-state index in [1.807, 2.05) is 23.7 Å². The lowest BCUT2D eigenvalue weighted by atomic mass is 9.95. The summed E-state index contributed by atoms with van der Waals surface area (Å²) in [5, 5.41) is 3.41. The number of hydrogen-bond acceptors (Lipinski definition) is 8. The first-order valence-electron chi connectivity index (χ1n) is 12.6. The molecule has 3 N–H and O–H groups in total. The van der Waals surface area contributed by atoms with Crippen molar-refractivity contribution in [2.45, 2.75) is 20.5 Å². The average molecular weight is 554 g/mol. The Hall–Kier alpha value is -5.16. The summed E-state index contributed by atoms with van der Waals surface area (Å²) in [6, 6.07) is 11.9. The van der Waals surface area contributed by atoms with Gasteiger partial charge in [0.15, 0.2) is 11.6 Å². The number of halogens is 1. The fraction of sp³-hybridized carbons (Fsp3) is 0.167. The van der Waals surface area contributed by atoms with Gasteiger partial charge in [0.05, 0.1) is 17.7 Å². The number of nitrogen functional groups attached to an aromatic ring is 1. The van der Waals surface area contributed by atoms with Gasteiger partial charge in [-0.2, -0.15) is 0 Å². The van der Waals surface area contributed by atoms with E-state index in [1.54, 1.807) is 45.4 Å². The molecule has 0 saturated carbocycles. The van der Waals surface area contributed by atoms with Crippen LogP contribution in [0.15, 0.2) is 67.1 Å². The normalized spacial score (nSPS) is 11.0. The maximum atomic E-state index is 15.5. The van der Waals surface area contributed by atoms with Gasteiger partial charge in [0.1, 0.15) is 17.8 Å². The molecule has 1 amide bonds. The number of carbonyl (C=O) groups is 1. The number of benzene rings is 2. The van der Waals surface area contributed by atoms with Crippen LogP contribution in [0.1, 0.15) is 18.2 Å². The number of carbonyl (C=O) groups excluding carboxylic acids is 1. The van der Waals surface area contributed by atoms with Crippen molar-refractivity contribution in [3.63, 3.8) is 0 Å². The topological polar surface area (TPSA) is 130 Å². The van der Waals surface area contributed by atoms with Crippen LogP contribution in [0.2, 0.25) is 0 Å². The van der Waals surface area contributed by atoms with Gasteiger partial charge in [-0.25, -0.2) is 24.3 Å². The average Bonchev–Trinajstić information content (AvgIpc) is 3.23. The Morgan fingerprint density at radius 3 is 2.66 bits per heavy atom. The number of amides is 1. The number of rotatable bonds is 8. The molecule has 0 aliphatic rings. The van der Waals surface area contributed by atoms with Crippen LogP contribution in [-0.2, 0) is 23.2 Å². The number of hydrogen-bond donors (Lipinski definition) is 2. The quantitative estimate of drug-likeness (QED) is 0.238. The number of nitrogens with one attached hydrogen (secondary N) is 1. The second-order valence-corrected chi connectivity index (χ2v) is 9.51. The van der Waals surface area contributed by atoms with E-state index in [1.165, 1.54) is 18.5 Å². The molecule has 5 aromatic rings. The molecule has 0 aliphatic heterocycles. The second kappa shape index (κ2) is 11.1. The maximum Gasteiger partial charge on any atom is 0.322 e. The predicted octanol–water partition coefficient (Wildman–Crippen LogP) is 5.58. The molecule has 0 atom stereocenters. The molecule has 0 fully saturated rings. The first-order valence-corrected chi connectivity index (χ1v) is 12.6. The van der Waals surface area contributed by atoms with E-state index in [-0.39, 0.29) is 30.1 Å². The van der Waals surface area contributed by atoms with Gasteiger partial charge < -0.3 is 25.1 Å². The highest BCUT2D eigenvalue weighted by Gasteiger charge is 2.24. The standard InChI is InChI=1S/C30H28FN7O3/c1-16(2)29(39)37-20-7-8-21(19(12-20)14-40-5)26-24(25-27(32)34-15-35-28(25)38(26)4)18-6-9-23(22(31)13-18)41-30-33-11-10-17(3)36-30/h6-13,15H,1,14H2,2-5H3,(H,37,39)(H2,32,34,35). The lowest BCUT2D eigenvalue weighted by Crippen LogP contribution is -2.12. The minimum Gasteiger partial charge on any atom is -0.421 e. The van der Waals surface area contributed by atoms with Gasteiger partial charge in [0.25, 0.3) is 5.91 Å². The molecule has 3 heterocycles. The van der Waals surface area contributed by atoms with E-state index >= 15 is 4.39 Å². The van der Waals surface area contributed by atoms with Crippen LogP contribution in [0.25, 0.3) is 33.4 Å². The van der Waals surface area contributed by atoms with Gasteiger partial charge in [-0.3, -0.25) is 4.79 Å². The number of aromatic nitrogens is 5. The van der Waals surface area contributed by atoms with Crippen molar-refractivity contribution in [2.75, 3.05) is 18.2 Å². The predicted molar refractivity (Wildman–Crippen MR) is 155 cm³/mol. The number of ether oxygens (including phenoxy) is 2. The zero-order chi connectivity index (χ0) is 29.3. The van der Waals surface area contributed by atoms with Crippen LogP contribution in [-0.4, -0.2) is 37.5 Å². The van der Waals surface area contributed by atoms with Gasteiger partial charge in [-0.05, 0) is 55.3 Å². The Balaban J connectivity index is 1.68. The molecular weight excluding hydrogens is 525 g/mol. The highest BCUT2D eigenvalue weighted by Crippen LogP contribution is 2.44. The highest BCUT2D eigenvalue weighted by atomic mass is 19.1. The summed E-state index contributed by atoms with van der Waals surface area (Å²) in [4.78, 5) is 29.2. The van der Waals surface area contributed by atoms with Gasteiger partial charge in [-0.15, -0.1) is 0 Å². The first-order chi connectivity index (χ1) is 19.7. The SMILES string of the molecule is C=C(C)C(=O)Nc1ccc(-c2c(-c3ccc(Oc4nccc(C)n4)c(F)c3)c3c(N)ncnc3n2C)c(COC)c1. The molecule has 208 valence electrons. The summed E-state index contributed by atoms with van der Waals surface area (Å²) in [7, 11) is 3.44. The van der Waals surface area contributed by atoms with E-state index in [4.69, 9.17) is 15.2 Å². The Labute approximate surface area is 235 Å². The molecule has 0 unspecified atom stereocenters. The van der Waals surface area contributed by atoms with Crippen molar-refractivity contribution in [2.24, 2.45) is 7.05 Å². The number of methoxy groups -OCH3 is 1. The maximum absolute atomic E-state index is 15.5. The van der Waals surface area contributed by atoms with Crippen LogP contribution in [0, 0.1) is 12.7 Å². The van der Waals surface area contributed by atoms with Crippen LogP contribution >= 0.6 is 0 Å². The summed E-state index contributed by atoms with van der Waals surface area (Å²) in [6.45, 7) is 7.36. The second-order valence-electron chi connectivity index (χ2n) is 9.51. The van der Waals surface area contributed by atoms with Crippen LogP contribution < -0.4 is 15.8 Å². The molecule has 5 rings (SSSR count). The molecule has 2 aromatic carbocycles. The fourth-order valence-electron chi connectivity index (χ4n) is 4.60. The summed E-state index contributed by atoms with van der Waals surface area (Å²) >= 11 is 0. The third-order valence-electron chi connectivity index (χ3n) is 6.50.